The molecule has 7 nitrogen and oxygen atoms in total. The van der Waals surface area contributed by atoms with Crippen molar-refractivity contribution in [3.63, 3.8) is 0 Å². The number of hydrogen-bond donors (Lipinski definition) is 2. The van der Waals surface area contributed by atoms with Crippen LogP contribution in [-0.4, -0.2) is 28.0 Å². The van der Waals surface area contributed by atoms with Crippen molar-refractivity contribution in [1.29, 1.82) is 0 Å². The molecule has 0 saturated heterocycles. The Bertz CT molecular complexity index is 1140. The Labute approximate surface area is 185 Å². The van der Waals surface area contributed by atoms with Gasteiger partial charge in [0.25, 0.3) is 11.8 Å². The van der Waals surface area contributed by atoms with Crippen LogP contribution in [-0.2, 0) is 11.3 Å². The fraction of sp³-hybridized carbons (Fsp3) is 0.304. The van der Waals surface area contributed by atoms with Gasteiger partial charge >= 0.3 is 0 Å². The van der Waals surface area contributed by atoms with Crippen LogP contribution in [0.15, 0.2) is 52.7 Å². The molecule has 0 aliphatic carbocycles. The number of benzene rings is 2. The highest BCUT2D eigenvalue weighted by molar-refractivity contribution is 6.33. The third kappa shape index (κ3) is 5.30. The summed E-state index contributed by atoms with van der Waals surface area (Å²) in [6, 6.07) is 12.4. The lowest BCUT2D eigenvalue weighted by Gasteiger charge is -2.06. The summed E-state index contributed by atoms with van der Waals surface area (Å²) in [7, 11) is 0. The molecule has 2 N–H and O–H groups in total. The average molecular weight is 441 g/mol. The molecule has 3 aromatic rings. The highest BCUT2D eigenvalue weighted by Crippen LogP contribution is 2.39. The lowest BCUT2D eigenvalue weighted by molar-refractivity contribution is -0.117. The van der Waals surface area contributed by atoms with Crippen LogP contribution in [0.25, 0.3) is 10.9 Å². The number of azo groups is 1. The Balaban J connectivity index is 1.76. The number of aromatic hydroxyl groups is 1. The van der Waals surface area contributed by atoms with E-state index in [0.717, 1.165) is 35.7 Å². The van der Waals surface area contributed by atoms with Crippen molar-refractivity contribution in [2.75, 3.05) is 6.54 Å². The number of halogens is 1. The first-order valence-electron chi connectivity index (χ1n) is 10.2. The van der Waals surface area contributed by atoms with E-state index in [1.165, 1.54) is 0 Å². The number of carbonyl (C=O) groups is 2. The van der Waals surface area contributed by atoms with E-state index in [1.54, 1.807) is 28.8 Å². The minimum Gasteiger partial charge on any atom is -0.493 e. The predicted molar refractivity (Wildman–Crippen MR) is 121 cm³/mol. The van der Waals surface area contributed by atoms with Crippen LogP contribution in [0.3, 0.4) is 0 Å². The van der Waals surface area contributed by atoms with E-state index in [-0.39, 0.29) is 23.7 Å². The van der Waals surface area contributed by atoms with E-state index >= 15 is 0 Å². The Hall–Kier alpha value is -3.19. The van der Waals surface area contributed by atoms with Crippen LogP contribution in [0.4, 0.5) is 5.69 Å². The molecule has 2 amide bonds. The Morgan fingerprint density at radius 2 is 1.94 bits per heavy atom. The van der Waals surface area contributed by atoms with Crippen LogP contribution >= 0.6 is 11.6 Å². The maximum Gasteiger partial charge on any atom is 0.283 e. The van der Waals surface area contributed by atoms with Crippen LogP contribution in [0.1, 0.15) is 42.1 Å². The van der Waals surface area contributed by atoms with Crippen molar-refractivity contribution < 1.29 is 14.7 Å². The highest BCUT2D eigenvalue weighted by atomic mass is 35.5. The molecule has 0 unspecified atom stereocenters. The van der Waals surface area contributed by atoms with Gasteiger partial charge in [0, 0.05) is 11.9 Å². The molecule has 0 aliphatic rings. The van der Waals surface area contributed by atoms with E-state index in [1.807, 2.05) is 25.1 Å². The molecule has 0 bridgehead atoms. The molecule has 0 fully saturated rings. The molecule has 8 heteroatoms. The van der Waals surface area contributed by atoms with Crippen LogP contribution in [0.5, 0.6) is 5.88 Å². The molecule has 162 valence electrons. The van der Waals surface area contributed by atoms with Gasteiger partial charge in [-0.25, -0.2) is 0 Å². The lowest BCUT2D eigenvalue weighted by atomic mass is 10.1. The first-order chi connectivity index (χ1) is 14.9. The standard InChI is InChI=1S/C23H25ClN4O3/c1-3-4-7-12-28-19-11-10-15(2)13-17(19)21(23(28)31)27-26-20(29)14-25-22(30)16-8-5-6-9-18(16)24/h5-6,8-11,13,31H,3-4,7,12,14H2,1-2H3,(H,25,30). The summed E-state index contributed by atoms with van der Waals surface area (Å²) in [5, 5.41) is 21.9. The van der Waals surface area contributed by atoms with Crippen molar-refractivity contribution in [2.24, 2.45) is 10.2 Å². The summed E-state index contributed by atoms with van der Waals surface area (Å²) in [6.45, 7) is 4.38. The second kappa shape index (κ2) is 10.2. The molecule has 1 aromatic heterocycles. The van der Waals surface area contributed by atoms with Gasteiger partial charge in [-0.3, -0.25) is 9.59 Å². The molecule has 0 aliphatic heterocycles. The molecule has 0 radical (unpaired) electrons. The lowest BCUT2D eigenvalue weighted by Crippen LogP contribution is -2.28. The third-order valence-electron chi connectivity index (χ3n) is 4.93. The minimum atomic E-state index is -0.640. The Morgan fingerprint density at radius 3 is 2.68 bits per heavy atom. The van der Waals surface area contributed by atoms with E-state index in [4.69, 9.17) is 11.6 Å². The van der Waals surface area contributed by atoms with Gasteiger partial charge < -0.3 is 15.0 Å². The number of amides is 2. The molecule has 2 aromatic carbocycles. The van der Waals surface area contributed by atoms with Gasteiger partial charge in [-0.05, 0) is 37.6 Å². The molecule has 0 spiro atoms. The maximum atomic E-state index is 12.2. The van der Waals surface area contributed by atoms with Gasteiger partial charge in [0.2, 0.25) is 5.88 Å². The number of nitrogens with one attached hydrogen (secondary N) is 1. The zero-order chi connectivity index (χ0) is 22.4. The van der Waals surface area contributed by atoms with E-state index in [2.05, 4.69) is 22.5 Å². The first-order valence-corrected chi connectivity index (χ1v) is 10.6. The molecule has 0 saturated carbocycles. The van der Waals surface area contributed by atoms with Gasteiger partial charge in [0.1, 0.15) is 6.54 Å². The monoisotopic (exact) mass is 440 g/mol. The van der Waals surface area contributed by atoms with Crippen LogP contribution < -0.4 is 5.32 Å². The molecule has 1 heterocycles. The summed E-state index contributed by atoms with van der Waals surface area (Å²) in [6.07, 6.45) is 3.04. The summed E-state index contributed by atoms with van der Waals surface area (Å²) in [5.74, 6) is -1.13. The molecule has 0 atom stereocenters. The maximum absolute atomic E-state index is 12.2. The molecule has 3 rings (SSSR count). The normalized spacial score (nSPS) is 11.3. The number of aromatic nitrogens is 1. The number of hydrogen-bond acceptors (Lipinski definition) is 4. The zero-order valence-electron chi connectivity index (χ0n) is 17.6. The van der Waals surface area contributed by atoms with Crippen molar-refractivity contribution in [2.45, 2.75) is 39.7 Å². The Kier molecular flexibility index (Phi) is 7.41. The second-order valence-electron chi connectivity index (χ2n) is 7.31. The predicted octanol–water partition coefficient (Wildman–Crippen LogP) is 5.54. The van der Waals surface area contributed by atoms with Crippen LogP contribution in [0.2, 0.25) is 5.02 Å². The van der Waals surface area contributed by atoms with Gasteiger partial charge in [-0.15, -0.1) is 10.2 Å². The van der Waals surface area contributed by atoms with Crippen molar-refractivity contribution in [1.82, 2.24) is 9.88 Å². The van der Waals surface area contributed by atoms with Crippen molar-refractivity contribution in [3.8, 4) is 5.88 Å². The van der Waals surface area contributed by atoms with Gasteiger partial charge in [-0.2, -0.15) is 0 Å². The van der Waals surface area contributed by atoms with Gasteiger partial charge in [-0.1, -0.05) is 55.1 Å². The fourth-order valence-corrected chi connectivity index (χ4v) is 3.54. The van der Waals surface area contributed by atoms with Gasteiger partial charge in [0.15, 0.2) is 5.69 Å². The van der Waals surface area contributed by atoms with Crippen molar-refractivity contribution in [3.05, 3.63) is 58.6 Å². The SMILES string of the molecule is CCCCCn1c(O)c(N=NC(=O)CNC(=O)c2ccccc2Cl)c2cc(C)ccc21. The topological polar surface area (TPSA) is 96.0 Å². The molecule has 31 heavy (non-hydrogen) atoms. The average Bonchev–Trinajstić information content (AvgIpc) is 3.01. The zero-order valence-corrected chi connectivity index (χ0v) is 18.3. The summed E-state index contributed by atoms with van der Waals surface area (Å²) in [4.78, 5) is 24.3. The Morgan fingerprint density at radius 1 is 1.16 bits per heavy atom. The van der Waals surface area contributed by atoms with Crippen LogP contribution in [0, 0.1) is 6.92 Å². The fourth-order valence-electron chi connectivity index (χ4n) is 3.32. The first kappa shape index (κ1) is 22.5. The summed E-state index contributed by atoms with van der Waals surface area (Å²) >= 11 is 5.99. The van der Waals surface area contributed by atoms with E-state index in [0.29, 0.717) is 11.6 Å². The number of fused-ring (bicyclic) bond motifs is 1. The molecular formula is C23H25ClN4O3. The quantitative estimate of drug-likeness (QED) is 0.355. The molecular weight excluding hydrogens is 416 g/mol. The van der Waals surface area contributed by atoms with Gasteiger partial charge in [0.05, 0.1) is 16.1 Å². The van der Waals surface area contributed by atoms with E-state index in [9.17, 15) is 14.7 Å². The minimum absolute atomic E-state index is 0.0200. The number of rotatable bonds is 8. The summed E-state index contributed by atoms with van der Waals surface area (Å²) in [5.41, 5.74) is 2.37. The summed E-state index contributed by atoms with van der Waals surface area (Å²) < 4.78 is 1.79. The smallest absolute Gasteiger partial charge is 0.283 e. The number of unbranched alkanes of at least 4 members (excludes halogenated alkanes) is 2. The largest absolute Gasteiger partial charge is 0.493 e. The van der Waals surface area contributed by atoms with E-state index < -0.39 is 11.8 Å². The third-order valence-corrected chi connectivity index (χ3v) is 5.26. The van der Waals surface area contributed by atoms with Crippen molar-refractivity contribution >= 4 is 40.0 Å². The number of nitrogens with zero attached hydrogens (tertiary/aromatic N) is 3. The highest BCUT2D eigenvalue weighted by Gasteiger charge is 2.17. The second-order valence-corrected chi connectivity index (χ2v) is 7.72. The number of aryl methyl sites for hydroxylation is 2. The number of carbonyl (C=O) groups excluding carboxylic acids is 2.